The van der Waals surface area contributed by atoms with E-state index in [1.807, 2.05) is 6.92 Å². The number of aryl methyl sites for hydroxylation is 1. The van der Waals surface area contributed by atoms with E-state index in [1.54, 1.807) is 19.3 Å². The van der Waals surface area contributed by atoms with E-state index in [-0.39, 0.29) is 11.7 Å². The minimum atomic E-state index is -0.393. The van der Waals surface area contributed by atoms with E-state index in [0.29, 0.717) is 32.7 Å². The summed E-state index contributed by atoms with van der Waals surface area (Å²) in [4.78, 5) is 25.1. The summed E-state index contributed by atoms with van der Waals surface area (Å²) in [5.41, 5.74) is 0.669. The molecule has 8 nitrogen and oxygen atoms in total. The minimum absolute atomic E-state index is 0.000664. The van der Waals surface area contributed by atoms with Gasteiger partial charge in [-0.2, -0.15) is 5.10 Å². The van der Waals surface area contributed by atoms with Crippen LogP contribution in [0.3, 0.4) is 0 Å². The number of nitrogens with one attached hydrogen (secondary N) is 1. The second-order valence-electron chi connectivity index (χ2n) is 5.47. The van der Waals surface area contributed by atoms with Crippen molar-refractivity contribution in [2.24, 2.45) is 7.05 Å². The van der Waals surface area contributed by atoms with Crippen molar-refractivity contribution in [3.05, 3.63) is 22.6 Å². The molecule has 1 fully saturated rings. The van der Waals surface area contributed by atoms with Crippen molar-refractivity contribution in [3.63, 3.8) is 0 Å². The van der Waals surface area contributed by atoms with Gasteiger partial charge in [0.15, 0.2) is 0 Å². The normalized spacial score (nSPS) is 17.8. The van der Waals surface area contributed by atoms with Crippen LogP contribution < -0.4 is 15.8 Å². The van der Waals surface area contributed by atoms with E-state index in [4.69, 9.17) is 9.47 Å². The Bertz CT molecular complexity index is 575. The lowest BCUT2D eigenvalue weighted by Gasteiger charge is -2.34. The first-order valence-corrected chi connectivity index (χ1v) is 7.90. The Hall–Kier alpha value is -2.09. The molecule has 1 aliphatic rings. The van der Waals surface area contributed by atoms with Gasteiger partial charge in [-0.15, -0.1) is 0 Å². The predicted octanol–water partition coefficient (Wildman–Crippen LogP) is 0.512. The molecule has 1 saturated heterocycles. The van der Waals surface area contributed by atoms with Crippen LogP contribution in [0.25, 0.3) is 0 Å². The molecule has 0 aliphatic carbocycles. The van der Waals surface area contributed by atoms with Crippen molar-refractivity contribution in [1.29, 1.82) is 0 Å². The van der Waals surface area contributed by atoms with E-state index in [2.05, 4.69) is 15.3 Å². The zero-order chi connectivity index (χ0) is 16.7. The van der Waals surface area contributed by atoms with Crippen LogP contribution in [-0.4, -0.2) is 54.8 Å². The number of hydrogen-bond acceptors (Lipinski definition) is 6. The molecule has 0 bridgehead atoms. The molecule has 1 aliphatic heterocycles. The van der Waals surface area contributed by atoms with Gasteiger partial charge in [0.25, 0.3) is 5.56 Å². The zero-order valence-corrected chi connectivity index (χ0v) is 13.7. The summed E-state index contributed by atoms with van der Waals surface area (Å²) in [6.45, 7) is 4.84. The molecule has 1 amide bonds. The van der Waals surface area contributed by atoms with Gasteiger partial charge in [0, 0.05) is 32.7 Å². The van der Waals surface area contributed by atoms with Crippen LogP contribution in [0.15, 0.2) is 17.1 Å². The minimum Gasteiger partial charge on any atom is -0.450 e. The van der Waals surface area contributed by atoms with Gasteiger partial charge in [-0.25, -0.2) is 9.48 Å². The van der Waals surface area contributed by atoms with E-state index in [9.17, 15) is 9.59 Å². The Labute approximate surface area is 135 Å². The smallest absolute Gasteiger partial charge is 0.407 e. The van der Waals surface area contributed by atoms with Gasteiger partial charge in [-0.3, -0.25) is 4.79 Å². The number of morpholine rings is 1. The maximum absolute atomic E-state index is 11.7. The van der Waals surface area contributed by atoms with Crippen LogP contribution in [0.4, 0.5) is 10.5 Å². The molecule has 8 heteroatoms. The molecule has 0 spiro atoms. The highest BCUT2D eigenvalue weighted by Crippen LogP contribution is 2.16. The fourth-order valence-electron chi connectivity index (χ4n) is 2.34. The molecule has 1 aromatic heterocycles. The molecule has 0 unspecified atom stereocenters. The lowest BCUT2D eigenvalue weighted by atomic mass is 10.2. The summed E-state index contributed by atoms with van der Waals surface area (Å²) in [5.74, 6) is 0. The van der Waals surface area contributed by atoms with Crippen molar-refractivity contribution in [3.8, 4) is 0 Å². The van der Waals surface area contributed by atoms with E-state index in [1.165, 1.54) is 4.68 Å². The number of carbonyl (C=O) groups is 1. The fourth-order valence-corrected chi connectivity index (χ4v) is 2.34. The van der Waals surface area contributed by atoms with Gasteiger partial charge in [-0.1, -0.05) is 6.92 Å². The van der Waals surface area contributed by atoms with Gasteiger partial charge >= 0.3 is 6.09 Å². The van der Waals surface area contributed by atoms with E-state index in [0.717, 1.165) is 18.7 Å². The largest absolute Gasteiger partial charge is 0.450 e. The molecule has 0 aromatic carbocycles. The maximum atomic E-state index is 11.7. The van der Waals surface area contributed by atoms with Crippen LogP contribution in [0.2, 0.25) is 0 Å². The number of rotatable bonds is 6. The summed E-state index contributed by atoms with van der Waals surface area (Å²) >= 11 is 0. The predicted molar refractivity (Wildman–Crippen MR) is 85.7 cm³/mol. The quantitative estimate of drug-likeness (QED) is 0.821. The summed E-state index contributed by atoms with van der Waals surface area (Å²) in [6, 6.07) is 1.58. The van der Waals surface area contributed by atoms with Gasteiger partial charge in [0.2, 0.25) is 0 Å². The number of amides is 1. The average Bonchev–Trinajstić information content (AvgIpc) is 2.56. The maximum Gasteiger partial charge on any atom is 0.407 e. The fraction of sp³-hybridized carbons (Fsp3) is 0.667. The second-order valence-corrected chi connectivity index (χ2v) is 5.47. The third-order valence-electron chi connectivity index (χ3n) is 3.63. The number of carbonyl (C=O) groups excluding carboxylic acids is 1. The summed E-state index contributed by atoms with van der Waals surface area (Å²) in [6.07, 6.45) is 2.79. The molecular weight excluding hydrogens is 300 g/mol. The SMILES string of the molecule is CCCOC(=O)NCC[C@@H]1CN(c2cnn(C)c(=O)c2)CCO1. The third-order valence-corrected chi connectivity index (χ3v) is 3.63. The van der Waals surface area contributed by atoms with Crippen LogP contribution >= 0.6 is 0 Å². The standard InChI is InChI=1S/C15H24N4O4/c1-3-7-23-15(21)16-5-4-13-11-19(6-8-22-13)12-9-14(20)18(2)17-10-12/h9-10,13H,3-8,11H2,1-2H3,(H,16,21)/t13-/m1/s1. The summed E-state index contributed by atoms with van der Waals surface area (Å²) in [5, 5.41) is 6.75. The summed E-state index contributed by atoms with van der Waals surface area (Å²) in [7, 11) is 1.62. The van der Waals surface area contributed by atoms with Gasteiger partial charge in [0.05, 0.1) is 31.2 Å². The summed E-state index contributed by atoms with van der Waals surface area (Å²) < 4.78 is 12.0. The van der Waals surface area contributed by atoms with Crippen LogP contribution in [0, 0.1) is 0 Å². The molecule has 0 saturated carbocycles. The molecule has 1 N–H and O–H groups in total. The Kier molecular flexibility index (Phi) is 6.40. The highest BCUT2D eigenvalue weighted by Gasteiger charge is 2.21. The average molecular weight is 324 g/mol. The van der Waals surface area contributed by atoms with Crippen LogP contribution in [0.1, 0.15) is 19.8 Å². The Balaban J connectivity index is 1.80. The van der Waals surface area contributed by atoms with Crippen molar-refractivity contribution >= 4 is 11.8 Å². The second kappa shape index (κ2) is 8.52. The topological polar surface area (TPSA) is 85.7 Å². The first kappa shape index (κ1) is 17.3. The lowest BCUT2D eigenvalue weighted by molar-refractivity contribution is 0.0352. The lowest BCUT2D eigenvalue weighted by Crippen LogP contribution is -2.44. The molecule has 128 valence electrons. The van der Waals surface area contributed by atoms with Crippen LogP contribution in [-0.2, 0) is 16.5 Å². The first-order chi connectivity index (χ1) is 11.1. The van der Waals surface area contributed by atoms with Crippen molar-refractivity contribution < 1.29 is 14.3 Å². The van der Waals surface area contributed by atoms with Gasteiger partial charge in [-0.05, 0) is 12.8 Å². The van der Waals surface area contributed by atoms with Crippen molar-refractivity contribution in [1.82, 2.24) is 15.1 Å². The molecule has 1 atom stereocenters. The Morgan fingerprint density at radius 3 is 3.13 bits per heavy atom. The molecule has 2 rings (SSSR count). The molecule has 23 heavy (non-hydrogen) atoms. The number of hydrogen-bond donors (Lipinski definition) is 1. The highest BCUT2D eigenvalue weighted by molar-refractivity contribution is 5.66. The highest BCUT2D eigenvalue weighted by atomic mass is 16.5. The zero-order valence-electron chi connectivity index (χ0n) is 13.7. The van der Waals surface area contributed by atoms with Crippen molar-refractivity contribution in [2.75, 3.05) is 37.7 Å². The van der Waals surface area contributed by atoms with Crippen molar-refractivity contribution in [2.45, 2.75) is 25.9 Å². The monoisotopic (exact) mass is 324 g/mol. The third kappa shape index (κ3) is 5.24. The molecule has 0 radical (unpaired) electrons. The Morgan fingerprint density at radius 1 is 1.57 bits per heavy atom. The number of nitrogens with zero attached hydrogens (tertiary/aromatic N) is 3. The van der Waals surface area contributed by atoms with E-state index < -0.39 is 6.09 Å². The number of anilines is 1. The number of ether oxygens (including phenoxy) is 2. The van der Waals surface area contributed by atoms with Gasteiger partial charge in [0.1, 0.15) is 0 Å². The Morgan fingerprint density at radius 2 is 2.39 bits per heavy atom. The van der Waals surface area contributed by atoms with Crippen LogP contribution in [0.5, 0.6) is 0 Å². The molecule has 1 aromatic rings. The molecular formula is C15H24N4O4. The van der Waals surface area contributed by atoms with Gasteiger partial charge < -0.3 is 19.7 Å². The molecule has 2 heterocycles. The van der Waals surface area contributed by atoms with E-state index >= 15 is 0 Å². The number of alkyl carbamates (subject to hydrolysis) is 1. The first-order valence-electron chi connectivity index (χ1n) is 7.90. The number of aromatic nitrogens is 2.